The van der Waals surface area contributed by atoms with Gasteiger partial charge < -0.3 is 31.2 Å². The second-order valence-electron chi connectivity index (χ2n) is 20.7. The Hall–Kier alpha value is -7.75. The molecule has 8 aromatic rings. The SMILES string of the molecule is C.Cc1cc(C)nc(C(C)(C)C)c1.[B]c1nnc2ccc(O[C@@H]3CC[C@H](NC(=O)Nc4cc(C)nc(C(C)(C)C)c4)c4ccccc43)cn12.[B]c1nnc2ccc(O[C@@H]3CC[C@H](NC(N)=O)c4ccccc43)cn12. The summed E-state index contributed by atoms with van der Waals surface area (Å²) in [6.45, 7) is 19.0. The number of fused-ring (bicyclic) bond motifs is 4. The Morgan fingerprint density at radius 1 is 0.595 bits per heavy atom. The molecule has 2 aliphatic carbocycles. The number of aromatic nitrogens is 8. The van der Waals surface area contributed by atoms with E-state index in [-0.39, 0.29) is 48.6 Å². The lowest BCUT2D eigenvalue weighted by Gasteiger charge is -2.32. The molecule has 0 saturated heterocycles. The number of amides is 4. The van der Waals surface area contributed by atoms with Gasteiger partial charge in [0.25, 0.3) is 0 Å². The second kappa shape index (κ2) is 22.6. The highest BCUT2D eigenvalue weighted by molar-refractivity contribution is 6.29. The Balaban J connectivity index is 0.000000182. The summed E-state index contributed by atoms with van der Waals surface area (Å²) >= 11 is 0. The number of hydrogen-bond donors (Lipinski definition) is 4. The van der Waals surface area contributed by atoms with Crippen LogP contribution in [0.15, 0.2) is 109 Å². The number of rotatable bonds is 7. The van der Waals surface area contributed by atoms with Crippen molar-refractivity contribution < 1.29 is 19.1 Å². The number of primary amides is 1. The van der Waals surface area contributed by atoms with E-state index < -0.39 is 6.03 Å². The van der Waals surface area contributed by atoms with Crippen LogP contribution in [0, 0.1) is 20.8 Å². The highest BCUT2D eigenvalue weighted by Crippen LogP contribution is 2.40. The number of aryl methyl sites for hydroxylation is 3. The largest absolute Gasteiger partial charge is 0.484 e. The first kappa shape index (κ1) is 54.0. The van der Waals surface area contributed by atoms with Gasteiger partial charge in [-0.3, -0.25) is 18.8 Å². The number of carbonyl (C=O) groups excluding carboxylic acids is 2. The minimum Gasteiger partial charge on any atom is -0.484 e. The molecule has 6 aromatic heterocycles. The number of nitrogens with two attached hydrogens (primary N) is 1. The van der Waals surface area contributed by atoms with E-state index in [0.29, 0.717) is 34.2 Å². The van der Waals surface area contributed by atoms with Crippen molar-refractivity contribution in [2.24, 2.45) is 5.73 Å². The molecule has 0 unspecified atom stereocenters. The molecule has 0 fully saturated rings. The van der Waals surface area contributed by atoms with Gasteiger partial charge in [-0.1, -0.05) is 97.5 Å². The molecule has 16 nitrogen and oxygen atoms in total. The average Bonchev–Trinajstić information content (AvgIpc) is 3.90. The molecule has 2 aromatic carbocycles. The molecule has 4 amide bonds. The molecule has 10 rings (SSSR count). The van der Waals surface area contributed by atoms with E-state index in [9.17, 15) is 9.59 Å². The summed E-state index contributed by atoms with van der Waals surface area (Å²) in [6, 6.07) is 30.4. The van der Waals surface area contributed by atoms with E-state index in [4.69, 9.17) is 30.9 Å². The molecule has 0 aliphatic heterocycles. The number of benzene rings is 2. The van der Waals surface area contributed by atoms with Gasteiger partial charge in [-0.05, 0) is 123 Å². The normalized spacial score (nSPS) is 16.9. The first-order valence-electron chi connectivity index (χ1n) is 24.5. The van der Waals surface area contributed by atoms with E-state index >= 15 is 0 Å². The lowest BCUT2D eigenvalue weighted by Crippen LogP contribution is -2.36. The molecule has 0 saturated carbocycles. The van der Waals surface area contributed by atoms with Gasteiger partial charge in [0.2, 0.25) is 0 Å². The molecule has 0 spiro atoms. The standard InChI is InChI=1S/C27H29BN6O2.C17H16BN5O2.C11H17N.CH4/c1-16-13-17(14-23(29-16)27(2,3)4)30-26(35)31-21-10-11-22(20-8-6-5-7-19(20)21)36-18-9-12-24-32-33-25(28)34(24)15-18;18-16-22-21-15-8-5-10(9-23(15)16)25-14-7-6-13(20-17(19)24)11-3-1-2-4-12(11)14;1-8-6-9(2)12-10(7-8)11(3,4)5;/h5-9,12-15,21-22H,10-11H2,1-4H3,(H2,29,30,31,35);1-5,8-9,13-14H,6-7H2,(H3,19,20,24);6-7H,1-5H3;1H4/t21-,22+;13-,14+;;/m00../s1. The summed E-state index contributed by atoms with van der Waals surface area (Å²) < 4.78 is 15.9. The minimum absolute atomic E-state index is 0. The minimum atomic E-state index is -0.521. The number of anilines is 1. The quantitative estimate of drug-likeness (QED) is 0.112. The van der Waals surface area contributed by atoms with Crippen LogP contribution in [-0.4, -0.2) is 66.9 Å². The Morgan fingerprint density at radius 3 is 1.50 bits per heavy atom. The zero-order valence-corrected chi connectivity index (χ0v) is 43.0. The zero-order chi connectivity index (χ0) is 52.2. The lowest BCUT2D eigenvalue weighted by molar-refractivity contribution is 0.171. The zero-order valence-electron chi connectivity index (χ0n) is 43.0. The van der Waals surface area contributed by atoms with Gasteiger partial charge in [-0.2, -0.15) is 0 Å². The summed E-state index contributed by atoms with van der Waals surface area (Å²) in [5.41, 5.74) is 17.6. The van der Waals surface area contributed by atoms with Crippen molar-refractivity contribution in [2.45, 2.75) is 131 Å². The topological polar surface area (TPSA) is 201 Å². The van der Waals surface area contributed by atoms with Crippen LogP contribution < -0.4 is 42.6 Å². The van der Waals surface area contributed by atoms with Crippen molar-refractivity contribution in [3.05, 3.63) is 160 Å². The monoisotopic (exact) mass is 993 g/mol. The summed E-state index contributed by atoms with van der Waals surface area (Å²) in [5.74, 6) is 1.36. The third kappa shape index (κ3) is 13.1. The van der Waals surface area contributed by atoms with Crippen LogP contribution in [0.1, 0.15) is 150 Å². The van der Waals surface area contributed by atoms with E-state index in [2.05, 4.69) is 113 Å². The number of urea groups is 2. The summed E-state index contributed by atoms with van der Waals surface area (Å²) in [5, 5.41) is 24.7. The van der Waals surface area contributed by atoms with Crippen molar-refractivity contribution in [2.75, 3.05) is 5.32 Å². The van der Waals surface area contributed by atoms with E-state index in [1.807, 2.05) is 92.7 Å². The van der Waals surface area contributed by atoms with Crippen LogP contribution >= 0.6 is 0 Å². The number of nitrogens with zero attached hydrogens (tertiary/aromatic N) is 8. The van der Waals surface area contributed by atoms with Crippen molar-refractivity contribution in [3.63, 3.8) is 0 Å². The molecule has 2 aliphatic rings. The van der Waals surface area contributed by atoms with Crippen LogP contribution in [0.4, 0.5) is 15.3 Å². The van der Waals surface area contributed by atoms with Crippen LogP contribution in [0.2, 0.25) is 0 Å². The summed E-state index contributed by atoms with van der Waals surface area (Å²) in [7, 11) is 11.7. The maximum absolute atomic E-state index is 13.0. The number of pyridine rings is 4. The van der Waals surface area contributed by atoms with Gasteiger partial charge in [0.15, 0.2) is 27.0 Å². The fourth-order valence-electron chi connectivity index (χ4n) is 9.14. The fraction of sp³-hybridized carbons (Fsp3) is 0.357. The molecular formula is C56H66B2N12O4. The van der Waals surface area contributed by atoms with E-state index in [1.54, 1.807) is 21.2 Å². The highest BCUT2D eigenvalue weighted by atomic mass is 16.5. The summed E-state index contributed by atoms with van der Waals surface area (Å²) in [6.07, 6.45) is 6.33. The molecule has 74 heavy (non-hydrogen) atoms. The van der Waals surface area contributed by atoms with Crippen molar-refractivity contribution in [3.8, 4) is 11.5 Å². The van der Waals surface area contributed by atoms with E-state index in [0.717, 1.165) is 70.7 Å². The molecule has 5 N–H and O–H groups in total. The molecule has 6 heterocycles. The molecule has 380 valence electrons. The number of nitrogens with one attached hydrogen (secondary N) is 3. The van der Waals surface area contributed by atoms with Crippen LogP contribution in [0.3, 0.4) is 0 Å². The van der Waals surface area contributed by atoms with Gasteiger partial charge in [0.1, 0.15) is 23.7 Å². The third-order valence-corrected chi connectivity index (χ3v) is 12.7. The maximum Gasteiger partial charge on any atom is 0.319 e. The molecular weight excluding hydrogens is 926 g/mol. The predicted molar refractivity (Wildman–Crippen MR) is 292 cm³/mol. The van der Waals surface area contributed by atoms with Gasteiger partial charge >= 0.3 is 12.1 Å². The van der Waals surface area contributed by atoms with Crippen molar-refractivity contribution in [1.29, 1.82) is 0 Å². The summed E-state index contributed by atoms with van der Waals surface area (Å²) in [4.78, 5) is 33.3. The second-order valence-corrected chi connectivity index (χ2v) is 20.7. The first-order valence-corrected chi connectivity index (χ1v) is 24.5. The van der Waals surface area contributed by atoms with Crippen LogP contribution in [0.25, 0.3) is 11.3 Å². The molecule has 4 atom stereocenters. The molecule has 18 heteroatoms. The highest BCUT2D eigenvalue weighted by Gasteiger charge is 2.31. The van der Waals surface area contributed by atoms with Gasteiger partial charge in [0.05, 0.1) is 35.9 Å². The van der Waals surface area contributed by atoms with Crippen LogP contribution in [0.5, 0.6) is 11.5 Å². The number of hydrogen-bond acceptors (Lipinski definition) is 10. The first-order chi connectivity index (χ1) is 34.7. The van der Waals surface area contributed by atoms with E-state index in [1.165, 1.54) is 11.3 Å². The number of carbonyl (C=O) groups is 2. The van der Waals surface area contributed by atoms with Crippen LogP contribution in [-0.2, 0) is 10.8 Å². The Bertz CT molecular complexity index is 3250. The van der Waals surface area contributed by atoms with Gasteiger partial charge in [-0.25, -0.2) is 9.59 Å². The smallest absolute Gasteiger partial charge is 0.319 e. The number of ether oxygens (including phenoxy) is 2. The predicted octanol–water partition coefficient (Wildman–Crippen LogP) is 9.08. The molecule has 0 bridgehead atoms. The fourth-order valence-corrected chi connectivity index (χ4v) is 9.14. The molecule has 4 radical (unpaired) electrons. The van der Waals surface area contributed by atoms with Gasteiger partial charge in [0, 0.05) is 39.3 Å². The third-order valence-electron chi connectivity index (χ3n) is 12.7. The Kier molecular flexibility index (Phi) is 16.5. The lowest BCUT2D eigenvalue weighted by atomic mass is 9.85. The Morgan fingerprint density at radius 2 is 1.04 bits per heavy atom. The van der Waals surface area contributed by atoms with Crippen molar-refractivity contribution in [1.82, 2.24) is 49.8 Å². The Labute approximate surface area is 436 Å². The average molecular weight is 993 g/mol. The van der Waals surface area contributed by atoms with Crippen molar-refractivity contribution >= 4 is 56.2 Å². The van der Waals surface area contributed by atoms with Gasteiger partial charge in [-0.15, -0.1) is 20.4 Å². The maximum atomic E-state index is 13.0.